The minimum atomic E-state index is 0.0690. The summed E-state index contributed by atoms with van der Waals surface area (Å²) in [5.41, 5.74) is 1.84. The lowest BCUT2D eigenvalue weighted by Crippen LogP contribution is -2.37. The zero-order valence-electron chi connectivity index (χ0n) is 11.6. The number of carbonyl (C=O) groups excluding carboxylic acids is 1. The van der Waals surface area contributed by atoms with Crippen LogP contribution in [0.25, 0.3) is 0 Å². The zero-order chi connectivity index (χ0) is 14.5. The molecule has 1 N–H and O–H groups in total. The molecule has 0 aromatic heterocycles. The van der Waals surface area contributed by atoms with Crippen LogP contribution in [0.2, 0.25) is 0 Å². The first kappa shape index (κ1) is 15.5. The molecule has 4 nitrogen and oxygen atoms in total. The second-order valence-corrected chi connectivity index (χ2v) is 5.86. The van der Waals surface area contributed by atoms with Crippen LogP contribution in [0.3, 0.4) is 0 Å². The van der Waals surface area contributed by atoms with Gasteiger partial charge in [-0.15, -0.1) is 0 Å². The first-order valence-corrected chi connectivity index (χ1v) is 7.69. The van der Waals surface area contributed by atoms with Crippen molar-refractivity contribution >= 4 is 27.4 Å². The Hall–Kier alpha value is -0.910. The molecule has 110 valence electrons. The number of rotatable bonds is 5. The summed E-state index contributed by atoms with van der Waals surface area (Å²) in [6, 6.07) is 5.87. The van der Waals surface area contributed by atoms with Gasteiger partial charge in [-0.05, 0) is 53.9 Å². The lowest BCUT2D eigenvalue weighted by atomic mass is 10.1. The SMILES string of the molecule is CC(=O)c1ccc(N2CCC(OCCO)CC2)cc1Br. The summed E-state index contributed by atoms with van der Waals surface area (Å²) in [6.07, 6.45) is 2.18. The number of ketones is 1. The molecule has 0 saturated carbocycles. The van der Waals surface area contributed by atoms with Crippen LogP contribution >= 0.6 is 15.9 Å². The molecule has 0 amide bonds. The third kappa shape index (κ3) is 3.81. The largest absolute Gasteiger partial charge is 0.394 e. The van der Waals surface area contributed by atoms with Crippen molar-refractivity contribution < 1.29 is 14.6 Å². The highest BCUT2D eigenvalue weighted by atomic mass is 79.9. The van der Waals surface area contributed by atoms with E-state index in [-0.39, 0.29) is 18.5 Å². The van der Waals surface area contributed by atoms with E-state index in [0.29, 0.717) is 6.61 Å². The molecule has 0 radical (unpaired) electrons. The van der Waals surface area contributed by atoms with Gasteiger partial charge in [-0.2, -0.15) is 0 Å². The maximum atomic E-state index is 11.4. The maximum Gasteiger partial charge on any atom is 0.160 e. The van der Waals surface area contributed by atoms with Crippen LogP contribution in [0.1, 0.15) is 30.1 Å². The summed E-state index contributed by atoms with van der Waals surface area (Å²) >= 11 is 3.46. The summed E-state index contributed by atoms with van der Waals surface area (Å²) in [7, 11) is 0. The number of nitrogens with zero attached hydrogens (tertiary/aromatic N) is 1. The maximum absolute atomic E-state index is 11.4. The standard InChI is InChI=1S/C15H20BrNO3/c1-11(19)14-3-2-12(10-15(14)16)17-6-4-13(5-7-17)20-9-8-18/h2-3,10,13,18H,4-9H2,1H3. The molecule has 20 heavy (non-hydrogen) atoms. The normalized spacial score (nSPS) is 16.4. The number of hydrogen-bond donors (Lipinski definition) is 1. The molecule has 1 aliphatic rings. The van der Waals surface area contributed by atoms with Crippen molar-refractivity contribution in [1.29, 1.82) is 0 Å². The summed E-state index contributed by atoms with van der Waals surface area (Å²) in [5, 5.41) is 8.76. The van der Waals surface area contributed by atoms with Crippen LogP contribution in [-0.4, -0.2) is 43.3 Å². The molecular formula is C15H20BrNO3. The number of piperidine rings is 1. The Labute approximate surface area is 127 Å². The lowest BCUT2D eigenvalue weighted by Gasteiger charge is -2.33. The average molecular weight is 342 g/mol. The lowest BCUT2D eigenvalue weighted by molar-refractivity contribution is 0.0159. The third-order valence-electron chi connectivity index (χ3n) is 3.58. The fourth-order valence-corrected chi connectivity index (χ4v) is 3.13. The number of benzene rings is 1. The number of ether oxygens (including phenoxy) is 1. The predicted octanol–water partition coefficient (Wildman–Crippen LogP) is 2.63. The summed E-state index contributed by atoms with van der Waals surface area (Å²) in [6.45, 7) is 3.94. The number of aliphatic hydroxyl groups is 1. The number of halogens is 1. The average Bonchev–Trinajstić information content (AvgIpc) is 2.45. The molecular weight excluding hydrogens is 322 g/mol. The van der Waals surface area contributed by atoms with E-state index < -0.39 is 0 Å². The van der Waals surface area contributed by atoms with E-state index in [1.807, 2.05) is 18.2 Å². The number of Topliss-reactive ketones (excluding diaryl/α,β-unsaturated/α-hetero) is 1. The molecule has 2 rings (SSSR count). The van der Waals surface area contributed by atoms with Crippen molar-refractivity contribution in [3.63, 3.8) is 0 Å². The molecule has 0 atom stereocenters. The highest BCUT2D eigenvalue weighted by molar-refractivity contribution is 9.10. The second-order valence-electron chi connectivity index (χ2n) is 5.00. The van der Waals surface area contributed by atoms with E-state index >= 15 is 0 Å². The minimum Gasteiger partial charge on any atom is -0.394 e. The Morgan fingerprint density at radius 1 is 1.45 bits per heavy atom. The molecule has 0 bridgehead atoms. The van der Waals surface area contributed by atoms with Crippen LogP contribution < -0.4 is 4.90 Å². The van der Waals surface area contributed by atoms with Crippen molar-refractivity contribution in [2.75, 3.05) is 31.2 Å². The molecule has 1 aromatic carbocycles. The fraction of sp³-hybridized carbons (Fsp3) is 0.533. The molecule has 1 aromatic rings. The highest BCUT2D eigenvalue weighted by Gasteiger charge is 2.20. The van der Waals surface area contributed by atoms with Gasteiger partial charge in [0, 0.05) is 28.8 Å². The van der Waals surface area contributed by atoms with Crippen LogP contribution in [0.4, 0.5) is 5.69 Å². The monoisotopic (exact) mass is 341 g/mol. The van der Waals surface area contributed by atoms with Crippen LogP contribution in [0.15, 0.2) is 22.7 Å². The Bertz CT molecular complexity index is 470. The van der Waals surface area contributed by atoms with Gasteiger partial charge in [-0.3, -0.25) is 4.79 Å². The molecule has 1 aliphatic heterocycles. The highest BCUT2D eigenvalue weighted by Crippen LogP contribution is 2.27. The van der Waals surface area contributed by atoms with Crippen LogP contribution in [-0.2, 0) is 4.74 Å². The number of hydrogen-bond acceptors (Lipinski definition) is 4. The first-order chi connectivity index (χ1) is 9.61. The van der Waals surface area contributed by atoms with E-state index in [4.69, 9.17) is 9.84 Å². The van der Waals surface area contributed by atoms with Gasteiger partial charge in [-0.1, -0.05) is 0 Å². The van der Waals surface area contributed by atoms with E-state index in [1.54, 1.807) is 6.92 Å². The van der Waals surface area contributed by atoms with Gasteiger partial charge in [0.2, 0.25) is 0 Å². The minimum absolute atomic E-state index is 0.0690. The van der Waals surface area contributed by atoms with Crippen molar-refractivity contribution in [3.8, 4) is 0 Å². The Kier molecular flexibility index (Phi) is 5.57. The van der Waals surface area contributed by atoms with Gasteiger partial charge in [-0.25, -0.2) is 0 Å². The predicted molar refractivity (Wildman–Crippen MR) is 82.4 cm³/mol. The molecule has 1 heterocycles. The summed E-state index contributed by atoms with van der Waals surface area (Å²) in [4.78, 5) is 13.7. The molecule has 1 fully saturated rings. The van der Waals surface area contributed by atoms with Gasteiger partial charge in [0.15, 0.2) is 5.78 Å². The van der Waals surface area contributed by atoms with E-state index in [2.05, 4.69) is 20.8 Å². The Morgan fingerprint density at radius 3 is 2.70 bits per heavy atom. The molecule has 0 unspecified atom stereocenters. The van der Waals surface area contributed by atoms with E-state index in [0.717, 1.165) is 41.7 Å². The molecule has 0 spiro atoms. The Morgan fingerprint density at radius 2 is 2.15 bits per heavy atom. The number of aliphatic hydroxyl groups excluding tert-OH is 1. The quantitative estimate of drug-likeness (QED) is 0.836. The van der Waals surface area contributed by atoms with Crippen LogP contribution in [0.5, 0.6) is 0 Å². The van der Waals surface area contributed by atoms with Gasteiger partial charge in [0.1, 0.15) is 0 Å². The van der Waals surface area contributed by atoms with Crippen molar-refractivity contribution in [3.05, 3.63) is 28.2 Å². The molecule has 1 saturated heterocycles. The zero-order valence-corrected chi connectivity index (χ0v) is 13.2. The molecule has 5 heteroatoms. The topological polar surface area (TPSA) is 49.8 Å². The number of carbonyl (C=O) groups is 1. The third-order valence-corrected chi connectivity index (χ3v) is 4.24. The van der Waals surface area contributed by atoms with Crippen molar-refractivity contribution in [2.24, 2.45) is 0 Å². The smallest absolute Gasteiger partial charge is 0.160 e. The van der Waals surface area contributed by atoms with E-state index in [9.17, 15) is 4.79 Å². The fourth-order valence-electron chi connectivity index (χ4n) is 2.49. The van der Waals surface area contributed by atoms with Gasteiger partial charge >= 0.3 is 0 Å². The summed E-state index contributed by atoms with van der Waals surface area (Å²) < 4.78 is 6.41. The van der Waals surface area contributed by atoms with Crippen molar-refractivity contribution in [1.82, 2.24) is 0 Å². The van der Waals surface area contributed by atoms with Crippen LogP contribution in [0, 0.1) is 0 Å². The van der Waals surface area contributed by atoms with E-state index in [1.165, 1.54) is 0 Å². The first-order valence-electron chi connectivity index (χ1n) is 6.89. The Balaban J connectivity index is 1.97. The van der Waals surface area contributed by atoms with Gasteiger partial charge in [0.05, 0.1) is 19.3 Å². The van der Waals surface area contributed by atoms with Crippen molar-refractivity contribution in [2.45, 2.75) is 25.9 Å². The number of anilines is 1. The van der Waals surface area contributed by atoms with Gasteiger partial charge < -0.3 is 14.7 Å². The second kappa shape index (κ2) is 7.20. The molecule has 0 aliphatic carbocycles. The summed E-state index contributed by atoms with van der Waals surface area (Å²) in [5.74, 6) is 0.0690. The van der Waals surface area contributed by atoms with Gasteiger partial charge in [0.25, 0.3) is 0 Å².